The molecule has 3 heteroatoms. The number of rotatable bonds is 3. The minimum atomic E-state index is 0.0388. The van der Waals surface area contributed by atoms with Crippen LogP contribution in [0.1, 0.15) is 29.8 Å². The molecule has 0 radical (unpaired) electrons. The minimum absolute atomic E-state index is 0.0388. The van der Waals surface area contributed by atoms with E-state index in [-0.39, 0.29) is 11.9 Å². The quantitative estimate of drug-likeness (QED) is 0.668. The molecule has 13 heavy (non-hydrogen) atoms. The average molecular weight is 180 g/mol. The summed E-state index contributed by atoms with van der Waals surface area (Å²) < 4.78 is 10.4. The summed E-state index contributed by atoms with van der Waals surface area (Å²) in [6.07, 6.45) is 4.14. The molecule has 2 rings (SSSR count). The highest BCUT2D eigenvalue weighted by Crippen LogP contribution is 2.17. The fourth-order valence-corrected chi connectivity index (χ4v) is 1.55. The molecule has 0 aromatic carbocycles. The lowest BCUT2D eigenvalue weighted by atomic mass is 10.1. The third kappa shape index (κ3) is 1.98. The predicted octanol–water partition coefficient (Wildman–Crippen LogP) is 2.03. The Balaban J connectivity index is 1.91. The zero-order valence-corrected chi connectivity index (χ0v) is 7.36. The Morgan fingerprint density at radius 2 is 2.54 bits per heavy atom. The molecule has 1 fully saturated rings. The van der Waals surface area contributed by atoms with Gasteiger partial charge in [-0.15, -0.1) is 0 Å². The summed E-state index contributed by atoms with van der Waals surface area (Å²) in [6, 6.07) is 3.42. The predicted molar refractivity (Wildman–Crippen MR) is 46.6 cm³/mol. The van der Waals surface area contributed by atoms with E-state index in [1.807, 2.05) is 0 Å². The van der Waals surface area contributed by atoms with E-state index < -0.39 is 0 Å². The van der Waals surface area contributed by atoms with Crippen LogP contribution in [0.25, 0.3) is 0 Å². The van der Waals surface area contributed by atoms with Crippen LogP contribution < -0.4 is 0 Å². The van der Waals surface area contributed by atoms with E-state index in [2.05, 4.69) is 0 Å². The van der Waals surface area contributed by atoms with Gasteiger partial charge in [-0.05, 0) is 25.0 Å². The molecule has 1 aliphatic heterocycles. The number of furan rings is 1. The summed E-state index contributed by atoms with van der Waals surface area (Å²) in [5.41, 5.74) is 0. The number of carbonyl (C=O) groups is 1. The van der Waals surface area contributed by atoms with Crippen LogP contribution in [0.3, 0.4) is 0 Å². The lowest BCUT2D eigenvalue weighted by molar-refractivity contribution is 0.0753. The smallest absolute Gasteiger partial charge is 0.200 e. The van der Waals surface area contributed by atoms with E-state index in [0.29, 0.717) is 12.2 Å². The molecule has 0 saturated carbocycles. The van der Waals surface area contributed by atoms with Gasteiger partial charge in [0.25, 0.3) is 0 Å². The molecule has 70 valence electrons. The Kier molecular flexibility index (Phi) is 2.45. The molecule has 0 aliphatic carbocycles. The summed E-state index contributed by atoms with van der Waals surface area (Å²) >= 11 is 0. The van der Waals surface area contributed by atoms with E-state index in [1.54, 1.807) is 12.1 Å². The van der Waals surface area contributed by atoms with E-state index in [4.69, 9.17) is 9.15 Å². The molecule has 1 saturated heterocycles. The maximum atomic E-state index is 11.5. The third-order valence-electron chi connectivity index (χ3n) is 2.23. The van der Waals surface area contributed by atoms with Crippen LogP contribution >= 0.6 is 0 Å². The number of carbonyl (C=O) groups excluding carboxylic acids is 1. The molecule has 3 nitrogen and oxygen atoms in total. The SMILES string of the molecule is O=C(CC1CCCO1)c1ccco1. The molecule has 0 spiro atoms. The monoisotopic (exact) mass is 180 g/mol. The Hall–Kier alpha value is -1.09. The highest BCUT2D eigenvalue weighted by molar-refractivity contribution is 5.93. The van der Waals surface area contributed by atoms with Crippen molar-refractivity contribution in [2.24, 2.45) is 0 Å². The first-order valence-corrected chi connectivity index (χ1v) is 4.54. The Labute approximate surface area is 76.7 Å². The van der Waals surface area contributed by atoms with Crippen molar-refractivity contribution in [2.75, 3.05) is 6.61 Å². The topological polar surface area (TPSA) is 39.4 Å². The van der Waals surface area contributed by atoms with Crippen molar-refractivity contribution >= 4 is 5.78 Å². The number of Topliss-reactive ketones (excluding diaryl/α,β-unsaturated/α-hetero) is 1. The number of hydrogen-bond acceptors (Lipinski definition) is 3. The molecular formula is C10H12O3. The Morgan fingerprint density at radius 3 is 3.15 bits per heavy atom. The molecule has 0 bridgehead atoms. The van der Waals surface area contributed by atoms with Crippen LogP contribution in [-0.2, 0) is 4.74 Å². The van der Waals surface area contributed by atoms with Crippen LogP contribution in [0.4, 0.5) is 0 Å². The van der Waals surface area contributed by atoms with Crippen molar-refractivity contribution in [2.45, 2.75) is 25.4 Å². The summed E-state index contributed by atoms with van der Waals surface area (Å²) in [7, 11) is 0. The van der Waals surface area contributed by atoms with Gasteiger partial charge in [0.1, 0.15) is 0 Å². The highest BCUT2D eigenvalue weighted by atomic mass is 16.5. The Bertz CT molecular complexity index is 270. The lowest BCUT2D eigenvalue weighted by Gasteiger charge is -2.05. The molecule has 0 N–H and O–H groups in total. The zero-order chi connectivity index (χ0) is 9.10. The van der Waals surface area contributed by atoms with Crippen LogP contribution in [-0.4, -0.2) is 18.5 Å². The number of ether oxygens (including phenoxy) is 1. The summed E-state index contributed by atoms with van der Waals surface area (Å²) in [5.74, 6) is 0.479. The van der Waals surface area contributed by atoms with Gasteiger partial charge in [0.05, 0.1) is 12.4 Å². The van der Waals surface area contributed by atoms with E-state index >= 15 is 0 Å². The maximum Gasteiger partial charge on any atom is 0.200 e. The van der Waals surface area contributed by atoms with Crippen LogP contribution in [0.2, 0.25) is 0 Å². The molecule has 1 aromatic rings. The fraction of sp³-hybridized carbons (Fsp3) is 0.500. The number of hydrogen-bond donors (Lipinski definition) is 0. The largest absolute Gasteiger partial charge is 0.461 e. The van der Waals surface area contributed by atoms with Gasteiger partial charge >= 0.3 is 0 Å². The summed E-state index contributed by atoms with van der Waals surface area (Å²) in [6.45, 7) is 0.788. The Morgan fingerprint density at radius 1 is 1.62 bits per heavy atom. The molecule has 1 unspecified atom stereocenters. The van der Waals surface area contributed by atoms with Crippen molar-refractivity contribution in [1.29, 1.82) is 0 Å². The van der Waals surface area contributed by atoms with E-state index in [1.165, 1.54) is 6.26 Å². The fourth-order valence-electron chi connectivity index (χ4n) is 1.55. The van der Waals surface area contributed by atoms with Gasteiger partial charge in [0.2, 0.25) is 5.78 Å². The van der Waals surface area contributed by atoms with Crippen molar-refractivity contribution < 1.29 is 13.9 Å². The van der Waals surface area contributed by atoms with Gasteiger partial charge in [0, 0.05) is 13.0 Å². The van der Waals surface area contributed by atoms with Crippen molar-refractivity contribution in [3.63, 3.8) is 0 Å². The van der Waals surface area contributed by atoms with Gasteiger partial charge < -0.3 is 9.15 Å². The van der Waals surface area contributed by atoms with E-state index in [9.17, 15) is 4.79 Å². The van der Waals surface area contributed by atoms with Crippen LogP contribution in [0.5, 0.6) is 0 Å². The first kappa shape index (κ1) is 8.51. The first-order valence-electron chi connectivity index (χ1n) is 4.54. The maximum absolute atomic E-state index is 11.5. The van der Waals surface area contributed by atoms with Gasteiger partial charge in [-0.3, -0.25) is 4.79 Å². The normalized spacial score (nSPS) is 22.0. The standard InChI is InChI=1S/C10H12O3/c11-9(10-4-2-6-13-10)7-8-3-1-5-12-8/h2,4,6,8H,1,3,5,7H2. The molecule has 2 heterocycles. The summed E-state index contributed by atoms with van der Waals surface area (Å²) in [4.78, 5) is 11.5. The minimum Gasteiger partial charge on any atom is -0.461 e. The number of ketones is 1. The van der Waals surface area contributed by atoms with Gasteiger partial charge in [0.15, 0.2) is 5.76 Å². The van der Waals surface area contributed by atoms with Crippen molar-refractivity contribution in [1.82, 2.24) is 0 Å². The van der Waals surface area contributed by atoms with Crippen molar-refractivity contribution in [3.8, 4) is 0 Å². The van der Waals surface area contributed by atoms with Gasteiger partial charge in [-0.25, -0.2) is 0 Å². The average Bonchev–Trinajstić information content (AvgIpc) is 2.74. The molecule has 1 atom stereocenters. The van der Waals surface area contributed by atoms with E-state index in [0.717, 1.165) is 19.4 Å². The molecule has 0 amide bonds. The lowest BCUT2D eigenvalue weighted by Crippen LogP contribution is -2.11. The first-order chi connectivity index (χ1) is 6.36. The second kappa shape index (κ2) is 3.75. The zero-order valence-electron chi connectivity index (χ0n) is 7.36. The van der Waals surface area contributed by atoms with Crippen molar-refractivity contribution in [3.05, 3.63) is 24.2 Å². The summed E-state index contributed by atoms with van der Waals surface area (Å²) in [5, 5.41) is 0. The van der Waals surface area contributed by atoms with Crippen LogP contribution in [0, 0.1) is 0 Å². The highest BCUT2D eigenvalue weighted by Gasteiger charge is 2.20. The molecule has 1 aliphatic rings. The van der Waals surface area contributed by atoms with Gasteiger partial charge in [-0.2, -0.15) is 0 Å². The third-order valence-corrected chi connectivity index (χ3v) is 2.23. The molecular weight excluding hydrogens is 168 g/mol. The van der Waals surface area contributed by atoms with Crippen LogP contribution in [0.15, 0.2) is 22.8 Å². The second-order valence-corrected chi connectivity index (χ2v) is 3.24. The van der Waals surface area contributed by atoms with Gasteiger partial charge in [-0.1, -0.05) is 0 Å². The molecule has 1 aromatic heterocycles. The second-order valence-electron chi connectivity index (χ2n) is 3.24.